The van der Waals surface area contributed by atoms with E-state index in [0.29, 0.717) is 47.7 Å². The molecular formula is C28H44O3. The zero-order chi connectivity index (χ0) is 22.6. The Hall–Kier alpha value is -0.930. The minimum Gasteiger partial charge on any atom is -0.396 e. The quantitative estimate of drug-likeness (QED) is 0.564. The SMILES string of the molecule is CC(C)[C@H](C)/C=C/[C@@H](CO)[C@@]1(O)CC[C@H]2[C@@H]3CC[C@H]4CC(=O)C=C[C@]4(C)[C@H]3CC[C@@]21C. The molecule has 0 bridgehead atoms. The fourth-order valence-corrected chi connectivity index (χ4v) is 8.20. The zero-order valence-corrected chi connectivity index (χ0v) is 20.3. The van der Waals surface area contributed by atoms with Gasteiger partial charge in [0.25, 0.3) is 0 Å². The normalized spacial score (nSPS) is 46.6. The van der Waals surface area contributed by atoms with Gasteiger partial charge in [-0.15, -0.1) is 0 Å². The first-order valence-electron chi connectivity index (χ1n) is 12.8. The summed E-state index contributed by atoms with van der Waals surface area (Å²) in [5.41, 5.74) is -0.854. The monoisotopic (exact) mass is 428 g/mol. The third kappa shape index (κ3) is 3.50. The van der Waals surface area contributed by atoms with Crippen molar-refractivity contribution in [1.29, 1.82) is 0 Å². The Kier molecular flexibility index (Phi) is 6.10. The number of aliphatic hydroxyl groups is 2. The van der Waals surface area contributed by atoms with E-state index in [1.54, 1.807) is 0 Å². The van der Waals surface area contributed by atoms with Gasteiger partial charge in [-0.05, 0) is 85.5 Å². The van der Waals surface area contributed by atoms with Crippen molar-refractivity contribution in [2.75, 3.05) is 6.61 Å². The van der Waals surface area contributed by atoms with E-state index in [1.807, 2.05) is 6.08 Å². The van der Waals surface area contributed by atoms with Crippen LogP contribution in [0.25, 0.3) is 0 Å². The number of hydrogen-bond acceptors (Lipinski definition) is 3. The van der Waals surface area contributed by atoms with Gasteiger partial charge in [0, 0.05) is 17.8 Å². The molecule has 0 aromatic carbocycles. The molecule has 0 heterocycles. The van der Waals surface area contributed by atoms with Crippen LogP contribution < -0.4 is 0 Å². The van der Waals surface area contributed by atoms with Crippen molar-refractivity contribution < 1.29 is 15.0 Å². The van der Waals surface area contributed by atoms with Gasteiger partial charge in [0.05, 0.1) is 12.2 Å². The summed E-state index contributed by atoms with van der Waals surface area (Å²) in [6.45, 7) is 11.4. The number of aliphatic hydroxyl groups excluding tert-OH is 1. The molecule has 4 aliphatic carbocycles. The predicted octanol–water partition coefficient (Wildman–Crippen LogP) is 5.56. The van der Waals surface area contributed by atoms with Gasteiger partial charge in [-0.2, -0.15) is 0 Å². The number of rotatable bonds is 5. The molecule has 3 heteroatoms. The van der Waals surface area contributed by atoms with Gasteiger partial charge >= 0.3 is 0 Å². The molecule has 3 saturated carbocycles. The Morgan fingerprint density at radius 1 is 1.06 bits per heavy atom. The number of allylic oxidation sites excluding steroid dienone is 3. The molecule has 174 valence electrons. The zero-order valence-electron chi connectivity index (χ0n) is 20.3. The van der Waals surface area contributed by atoms with E-state index < -0.39 is 5.60 Å². The van der Waals surface area contributed by atoms with Gasteiger partial charge in [-0.3, -0.25) is 4.79 Å². The van der Waals surface area contributed by atoms with E-state index in [9.17, 15) is 15.0 Å². The molecule has 2 N–H and O–H groups in total. The van der Waals surface area contributed by atoms with E-state index in [1.165, 1.54) is 6.42 Å². The summed E-state index contributed by atoms with van der Waals surface area (Å²) in [6, 6.07) is 0. The van der Waals surface area contributed by atoms with Crippen molar-refractivity contribution >= 4 is 5.78 Å². The van der Waals surface area contributed by atoms with Crippen molar-refractivity contribution in [1.82, 2.24) is 0 Å². The summed E-state index contributed by atoms with van der Waals surface area (Å²) in [5.74, 6) is 3.31. The third-order valence-corrected chi connectivity index (χ3v) is 10.8. The second-order valence-corrected chi connectivity index (χ2v) is 12.2. The summed E-state index contributed by atoms with van der Waals surface area (Å²) in [6.07, 6.45) is 15.4. The number of carbonyl (C=O) groups excluding carboxylic acids is 1. The Morgan fingerprint density at radius 3 is 2.45 bits per heavy atom. The molecule has 0 unspecified atom stereocenters. The van der Waals surface area contributed by atoms with Crippen LogP contribution in [0.5, 0.6) is 0 Å². The molecule has 0 radical (unpaired) electrons. The lowest BCUT2D eigenvalue weighted by atomic mass is 9.45. The molecule has 0 saturated heterocycles. The standard InChI is InChI=1S/C28H44O3/c1-18(2)19(3)6-7-21(17-29)28(31)15-12-25-23-9-8-20-16-22(30)10-13-26(20,4)24(23)11-14-27(25,28)5/h6-7,10,13,18-21,23-25,29,31H,8-9,11-12,14-17H2,1-5H3/b7-6+/t19-,20+,21+,23-,24+,25+,26+,27+,28+/m1/s1. The number of hydrogen-bond donors (Lipinski definition) is 2. The second-order valence-electron chi connectivity index (χ2n) is 12.2. The highest BCUT2D eigenvalue weighted by Crippen LogP contribution is 2.68. The highest BCUT2D eigenvalue weighted by molar-refractivity contribution is 5.91. The van der Waals surface area contributed by atoms with Gasteiger partial charge in [0.15, 0.2) is 5.78 Å². The minimum absolute atomic E-state index is 0.0128. The van der Waals surface area contributed by atoms with E-state index in [4.69, 9.17) is 0 Å². The fraction of sp³-hybridized carbons (Fsp3) is 0.821. The second kappa shape index (κ2) is 8.13. The highest BCUT2D eigenvalue weighted by atomic mass is 16.3. The summed E-state index contributed by atoms with van der Waals surface area (Å²) < 4.78 is 0. The maximum atomic E-state index is 12.1. The molecule has 4 aliphatic rings. The van der Waals surface area contributed by atoms with Gasteiger partial charge in [0.2, 0.25) is 0 Å². The lowest BCUT2D eigenvalue weighted by Gasteiger charge is -2.60. The van der Waals surface area contributed by atoms with Crippen molar-refractivity contribution in [2.24, 2.45) is 52.3 Å². The smallest absolute Gasteiger partial charge is 0.155 e. The van der Waals surface area contributed by atoms with Crippen molar-refractivity contribution in [3.63, 3.8) is 0 Å². The highest BCUT2D eigenvalue weighted by Gasteiger charge is 2.65. The van der Waals surface area contributed by atoms with E-state index in [-0.39, 0.29) is 23.4 Å². The minimum atomic E-state index is -0.833. The van der Waals surface area contributed by atoms with Gasteiger partial charge in [-0.1, -0.05) is 52.8 Å². The molecule has 9 atom stereocenters. The van der Waals surface area contributed by atoms with E-state index in [2.05, 4.69) is 52.8 Å². The van der Waals surface area contributed by atoms with E-state index in [0.717, 1.165) is 32.1 Å². The van der Waals surface area contributed by atoms with Crippen molar-refractivity contribution in [2.45, 2.75) is 85.2 Å². The van der Waals surface area contributed by atoms with Crippen LogP contribution in [-0.2, 0) is 4.79 Å². The van der Waals surface area contributed by atoms with Gasteiger partial charge in [0.1, 0.15) is 0 Å². The first-order valence-corrected chi connectivity index (χ1v) is 12.8. The molecule has 4 rings (SSSR count). The molecular weight excluding hydrogens is 384 g/mol. The first-order chi connectivity index (χ1) is 14.6. The topological polar surface area (TPSA) is 57.5 Å². The average Bonchev–Trinajstić information content (AvgIpc) is 3.00. The Balaban J connectivity index is 1.60. The van der Waals surface area contributed by atoms with Crippen LogP contribution in [0.4, 0.5) is 0 Å². The fourth-order valence-electron chi connectivity index (χ4n) is 8.20. The Morgan fingerprint density at radius 2 is 1.77 bits per heavy atom. The molecule has 31 heavy (non-hydrogen) atoms. The lowest BCUT2D eigenvalue weighted by molar-refractivity contribution is -0.159. The van der Waals surface area contributed by atoms with Crippen LogP contribution in [0.1, 0.15) is 79.6 Å². The van der Waals surface area contributed by atoms with Crippen LogP contribution >= 0.6 is 0 Å². The molecule has 3 nitrogen and oxygen atoms in total. The van der Waals surface area contributed by atoms with Crippen LogP contribution in [0.2, 0.25) is 0 Å². The lowest BCUT2D eigenvalue weighted by Crippen LogP contribution is -2.58. The first kappa shape index (κ1) is 23.2. The summed E-state index contributed by atoms with van der Waals surface area (Å²) in [5, 5.41) is 22.4. The van der Waals surface area contributed by atoms with Crippen LogP contribution in [0.15, 0.2) is 24.3 Å². The van der Waals surface area contributed by atoms with Gasteiger partial charge < -0.3 is 10.2 Å². The van der Waals surface area contributed by atoms with Crippen LogP contribution in [0, 0.1) is 52.3 Å². The Bertz CT molecular complexity index is 753. The Labute approximate surface area is 189 Å². The van der Waals surface area contributed by atoms with E-state index >= 15 is 0 Å². The molecule has 3 fully saturated rings. The maximum Gasteiger partial charge on any atom is 0.155 e. The number of fused-ring (bicyclic) bond motifs is 5. The van der Waals surface area contributed by atoms with Crippen molar-refractivity contribution in [3.05, 3.63) is 24.3 Å². The third-order valence-electron chi connectivity index (χ3n) is 10.8. The molecule has 0 spiro atoms. The molecule has 0 aromatic heterocycles. The summed E-state index contributed by atoms with van der Waals surface area (Å²) in [7, 11) is 0. The number of carbonyl (C=O) groups is 1. The van der Waals surface area contributed by atoms with Crippen LogP contribution in [0.3, 0.4) is 0 Å². The van der Waals surface area contributed by atoms with Crippen LogP contribution in [-0.4, -0.2) is 28.2 Å². The molecule has 0 aliphatic heterocycles. The molecule has 0 amide bonds. The predicted molar refractivity (Wildman–Crippen MR) is 125 cm³/mol. The average molecular weight is 429 g/mol. The van der Waals surface area contributed by atoms with Crippen molar-refractivity contribution in [3.8, 4) is 0 Å². The summed E-state index contributed by atoms with van der Waals surface area (Å²) >= 11 is 0. The largest absolute Gasteiger partial charge is 0.396 e. The number of ketones is 1. The van der Waals surface area contributed by atoms with Gasteiger partial charge in [-0.25, -0.2) is 0 Å². The molecule has 0 aromatic rings. The maximum absolute atomic E-state index is 12.1. The summed E-state index contributed by atoms with van der Waals surface area (Å²) in [4.78, 5) is 12.0.